The van der Waals surface area contributed by atoms with Crippen molar-refractivity contribution in [3.8, 4) is 0 Å². The molecule has 19 heavy (non-hydrogen) atoms. The topological polar surface area (TPSA) is 21.3 Å². The van der Waals surface area contributed by atoms with Gasteiger partial charge in [0.15, 0.2) is 5.88 Å². The standard InChI is InChI=1S/C15H16BrNOS/c1-10-6-4-5-7-13(10)11(2)18-12(3)17-14-8-9-19-15(14)16/h4-9,11,17H,3H2,1-2H3/t11-/m1/s1. The van der Waals surface area contributed by atoms with Crippen LogP contribution in [-0.4, -0.2) is 0 Å². The van der Waals surface area contributed by atoms with Gasteiger partial charge >= 0.3 is 0 Å². The third-order valence-electron chi connectivity index (χ3n) is 2.84. The number of rotatable bonds is 5. The van der Waals surface area contributed by atoms with Crippen molar-refractivity contribution in [2.45, 2.75) is 20.0 Å². The van der Waals surface area contributed by atoms with Gasteiger partial charge in [0.05, 0.1) is 9.47 Å². The zero-order valence-corrected chi connectivity index (χ0v) is 13.3. The fraction of sp³-hybridized carbons (Fsp3) is 0.200. The fourth-order valence-corrected chi connectivity index (χ4v) is 3.01. The van der Waals surface area contributed by atoms with Crippen LogP contribution in [0.25, 0.3) is 0 Å². The van der Waals surface area contributed by atoms with Crippen molar-refractivity contribution in [3.05, 3.63) is 63.1 Å². The number of hydrogen-bond donors (Lipinski definition) is 1. The average Bonchev–Trinajstić information content (AvgIpc) is 2.75. The quantitative estimate of drug-likeness (QED) is 0.729. The number of halogens is 1. The van der Waals surface area contributed by atoms with E-state index in [1.807, 2.05) is 30.5 Å². The van der Waals surface area contributed by atoms with Crippen molar-refractivity contribution < 1.29 is 4.74 Å². The van der Waals surface area contributed by atoms with Gasteiger partial charge in [0.1, 0.15) is 6.10 Å². The molecule has 4 heteroatoms. The molecule has 0 unspecified atom stereocenters. The molecule has 1 aromatic carbocycles. The summed E-state index contributed by atoms with van der Waals surface area (Å²) in [5.74, 6) is 0.551. The van der Waals surface area contributed by atoms with E-state index in [0.717, 1.165) is 9.47 Å². The highest BCUT2D eigenvalue weighted by Crippen LogP contribution is 2.30. The van der Waals surface area contributed by atoms with Crippen molar-refractivity contribution >= 4 is 33.0 Å². The summed E-state index contributed by atoms with van der Waals surface area (Å²) in [7, 11) is 0. The van der Waals surface area contributed by atoms with Gasteiger partial charge < -0.3 is 10.1 Å². The van der Waals surface area contributed by atoms with E-state index >= 15 is 0 Å². The second-order valence-electron chi connectivity index (χ2n) is 4.27. The van der Waals surface area contributed by atoms with Crippen molar-refractivity contribution in [2.75, 3.05) is 5.32 Å². The van der Waals surface area contributed by atoms with Crippen molar-refractivity contribution in [3.63, 3.8) is 0 Å². The summed E-state index contributed by atoms with van der Waals surface area (Å²) < 4.78 is 6.87. The fourth-order valence-electron chi connectivity index (χ4n) is 1.88. The summed E-state index contributed by atoms with van der Waals surface area (Å²) in [6, 6.07) is 10.2. The van der Waals surface area contributed by atoms with E-state index < -0.39 is 0 Å². The molecule has 0 spiro atoms. The first-order valence-electron chi connectivity index (χ1n) is 5.99. The monoisotopic (exact) mass is 337 g/mol. The minimum absolute atomic E-state index is 0.0291. The lowest BCUT2D eigenvalue weighted by molar-refractivity contribution is 0.138. The molecule has 0 aliphatic heterocycles. The van der Waals surface area contributed by atoms with Gasteiger partial charge in [-0.25, -0.2) is 0 Å². The minimum Gasteiger partial charge on any atom is -0.472 e. The normalized spacial score (nSPS) is 11.9. The molecule has 1 aromatic heterocycles. The van der Waals surface area contributed by atoms with Gasteiger partial charge in [-0.1, -0.05) is 24.3 Å². The smallest absolute Gasteiger partial charge is 0.184 e. The lowest BCUT2D eigenvalue weighted by Gasteiger charge is -2.19. The first-order valence-corrected chi connectivity index (χ1v) is 7.66. The van der Waals surface area contributed by atoms with Crippen LogP contribution in [0.5, 0.6) is 0 Å². The highest BCUT2D eigenvalue weighted by atomic mass is 79.9. The molecule has 0 radical (unpaired) electrons. The number of anilines is 1. The largest absolute Gasteiger partial charge is 0.472 e. The summed E-state index contributed by atoms with van der Waals surface area (Å²) in [5, 5.41) is 5.16. The van der Waals surface area contributed by atoms with Gasteiger partial charge in [-0.05, 0) is 58.9 Å². The zero-order valence-electron chi connectivity index (χ0n) is 10.9. The number of benzene rings is 1. The highest BCUT2D eigenvalue weighted by molar-refractivity contribution is 9.11. The van der Waals surface area contributed by atoms with Crippen LogP contribution in [0, 0.1) is 6.92 Å². The second kappa shape index (κ2) is 6.26. The van der Waals surface area contributed by atoms with Gasteiger partial charge in [-0.2, -0.15) is 0 Å². The molecule has 0 saturated heterocycles. The van der Waals surface area contributed by atoms with E-state index in [-0.39, 0.29) is 6.10 Å². The molecule has 2 nitrogen and oxygen atoms in total. The Labute approximate surface area is 126 Å². The van der Waals surface area contributed by atoms with Crippen LogP contribution in [-0.2, 0) is 4.74 Å². The van der Waals surface area contributed by atoms with Crippen LogP contribution in [0.2, 0.25) is 0 Å². The van der Waals surface area contributed by atoms with Gasteiger partial charge in [-0.3, -0.25) is 0 Å². The lowest BCUT2D eigenvalue weighted by Crippen LogP contribution is -2.07. The molecular weight excluding hydrogens is 322 g/mol. The minimum atomic E-state index is -0.0291. The molecular formula is C15H16BrNOS. The third-order valence-corrected chi connectivity index (χ3v) is 4.52. The SMILES string of the molecule is C=C(Nc1ccsc1Br)O[C@H](C)c1ccccc1C. The summed E-state index contributed by atoms with van der Waals surface area (Å²) in [5.41, 5.74) is 3.38. The van der Waals surface area contributed by atoms with Gasteiger partial charge in [0.2, 0.25) is 0 Å². The molecule has 0 saturated carbocycles. The number of hydrogen-bond acceptors (Lipinski definition) is 3. The number of ether oxygens (including phenoxy) is 1. The molecule has 2 rings (SSSR count). The number of thiophene rings is 1. The predicted molar refractivity (Wildman–Crippen MR) is 85.5 cm³/mol. The third kappa shape index (κ3) is 3.61. The van der Waals surface area contributed by atoms with Crippen LogP contribution >= 0.6 is 27.3 Å². The average molecular weight is 338 g/mol. The van der Waals surface area contributed by atoms with Gasteiger partial charge in [0, 0.05) is 0 Å². The van der Waals surface area contributed by atoms with Gasteiger partial charge in [-0.15, -0.1) is 11.3 Å². The zero-order chi connectivity index (χ0) is 13.8. The Morgan fingerprint density at radius 1 is 1.37 bits per heavy atom. The summed E-state index contributed by atoms with van der Waals surface area (Å²) in [6.07, 6.45) is -0.0291. The first kappa shape index (κ1) is 14.2. The Morgan fingerprint density at radius 2 is 2.11 bits per heavy atom. The second-order valence-corrected chi connectivity index (χ2v) is 6.51. The Morgan fingerprint density at radius 3 is 2.74 bits per heavy atom. The molecule has 0 aliphatic carbocycles. The van der Waals surface area contributed by atoms with Crippen molar-refractivity contribution in [1.29, 1.82) is 0 Å². The summed E-state index contributed by atoms with van der Waals surface area (Å²) in [4.78, 5) is 0. The Hall–Kier alpha value is -1.26. The molecule has 1 heterocycles. The summed E-state index contributed by atoms with van der Waals surface area (Å²) >= 11 is 5.10. The summed E-state index contributed by atoms with van der Waals surface area (Å²) in [6.45, 7) is 8.03. The Balaban J connectivity index is 2.00. The maximum atomic E-state index is 5.82. The van der Waals surface area contributed by atoms with E-state index in [9.17, 15) is 0 Å². The number of aryl methyl sites for hydroxylation is 1. The molecule has 0 aliphatic rings. The molecule has 100 valence electrons. The van der Waals surface area contributed by atoms with Crippen LogP contribution in [0.3, 0.4) is 0 Å². The molecule has 2 aromatic rings. The van der Waals surface area contributed by atoms with E-state index in [1.54, 1.807) is 11.3 Å². The van der Waals surface area contributed by atoms with Crippen molar-refractivity contribution in [2.24, 2.45) is 0 Å². The van der Waals surface area contributed by atoms with Crippen LogP contribution in [0.4, 0.5) is 5.69 Å². The molecule has 0 fully saturated rings. The Bertz CT molecular complexity index is 579. The number of nitrogens with one attached hydrogen (secondary N) is 1. The van der Waals surface area contributed by atoms with Gasteiger partial charge in [0.25, 0.3) is 0 Å². The van der Waals surface area contributed by atoms with Crippen LogP contribution in [0.1, 0.15) is 24.2 Å². The molecule has 0 amide bonds. The highest BCUT2D eigenvalue weighted by Gasteiger charge is 2.11. The molecule has 1 atom stereocenters. The molecule has 1 N–H and O–H groups in total. The van der Waals surface area contributed by atoms with E-state index in [2.05, 4.69) is 46.9 Å². The van der Waals surface area contributed by atoms with E-state index in [1.165, 1.54) is 11.1 Å². The maximum absolute atomic E-state index is 5.82. The predicted octanol–water partition coefficient (Wildman–Crippen LogP) is 5.48. The maximum Gasteiger partial charge on any atom is 0.184 e. The van der Waals surface area contributed by atoms with Crippen molar-refractivity contribution in [1.82, 2.24) is 0 Å². The molecule has 0 bridgehead atoms. The van der Waals surface area contributed by atoms with Crippen LogP contribution in [0.15, 0.2) is 52.0 Å². The van der Waals surface area contributed by atoms with Crippen LogP contribution < -0.4 is 5.32 Å². The van der Waals surface area contributed by atoms with E-state index in [4.69, 9.17) is 4.74 Å². The first-order chi connectivity index (χ1) is 9.08. The lowest BCUT2D eigenvalue weighted by atomic mass is 10.1. The van der Waals surface area contributed by atoms with E-state index in [0.29, 0.717) is 5.88 Å². The Kier molecular flexibility index (Phi) is 4.66.